The van der Waals surface area contributed by atoms with Crippen molar-refractivity contribution < 1.29 is 35.5 Å². The highest BCUT2D eigenvalue weighted by molar-refractivity contribution is 7.87. The van der Waals surface area contributed by atoms with Crippen LogP contribution in [0, 0.1) is 22.7 Å². The summed E-state index contributed by atoms with van der Waals surface area (Å²) in [5.41, 5.74) is -7.28. The number of imide groups is 1. The summed E-state index contributed by atoms with van der Waals surface area (Å²) in [6.45, 7) is 9.85. The molecule has 0 saturated carbocycles. The monoisotopic (exact) mass is 359 g/mol. The molecular weight excluding hydrogens is 339 g/mol. The van der Waals surface area contributed by atoms with Gasteiger partial charge in [-0.05, 0) is 10.8 Å². The molecule has 1 aliphatic heterocycles. The molecule has 0 radical (unpaired) electrons. The largest absolute Gasteiger partial charge is 0.525 e. The van der Waals surface area contributed by atoms with Crippen LogP contribution in [-0.4, -0.2) is 30.8 Å². The standard InChI is InChI=1S/C13H20F3NO5S/c1-11(2,3)7-8(12(4,5)6)10(19)17(9(7)18)22-23(20,21)13(14,15)16/h7-8H,1-6H3. The molecular formula is C13H20F3NO5S. The zero-order valence-corrected chi connectivity index (χ0v) is 14.5. The SMILES string of the molecule is CC(C)(C)C1C(=O)N(OS(=O)(=O)C(F)(F)F)C(=O)C1C(C)(C)C. The smallest absolute Gasteiger partial charge is 0.272 e. The molecule has 0 bridgehead atoms. The lowest BCUT2D eigenvalue weighted by atomic mass is 9.65. The number of alkyl halides is 3. The van der Waals surface area contributed by atoms with Gasteiger partial charge in [-0.2, -0.15) is 21.6 Å². The van der Waals surface area contributed by atoms with E-state index in [-0.39, 0.29) is 5.06 Å². The molecule has 0 aromatic carbocycles. The van der Waals surface area contributed by atoms with Crippen molar-refractivity contribution in [3.05, 3.63) is 0 Å². The average molecular weight is 359 g/mol. The molecule has 0 spiro atoms. The first kappa shape index (κ1) is 19.9. The number of hydrogen-bond donors (Lipinski definition) is 0. The van der Waals surface area contributed by atoms with Crippen LogP contribution in [0.3, 0.4) is 0 Å². The molecule has 1 fully saturated rings. The molecule has 0 aromatic heterocycles. The normalized spacial score (nSPS) is 24.5. The molecule has 2 atom stereocenters. The highest BCUT2D eigenvalue weighted by atomic mass is 32.2. The fourth-order valence-electron chi connectivity index (χ4n) is 2.60. The Morgan fingerprint density at radius 3 is 1.39 bits per heavy atom. The third kappa shape index (κ3) is 3.68. The van der Waals surface area contributed by atoms with Crippen molar-refractivity contribution in [1.29, 1.82) is 0 Å². The fraction of sp³-hybridized carbons (Fsp3) is 0.846. The number of halogens is 3. The van der Waals surface area contributed by atoms with Gasteiger partial charge in [0.15, 0.2) is 0 Å². The van der Waals surface area contributed by atoms with Crippen LogP contribution in [0.4, 0.5) is 13.2 Å². The van der Waals surface area contributed by atoms with E-state index in [0.717, 1.165) is 0 Å². The number of nitrogens with zero attached hydrogens (tertiary/aromatic N) is 1. The maximum atomic E-state index is 12.4. The van der Waals surface area contributed by atoms with E-state index in [4.69, 9.17) is 0 Å². The summed E-state index contributed by atoms with van der Waals surface area (Å²) in [4.78, 5) is 24.7. The average Bonchev–Trinajstić information content (AvgIpc) is 2.50. The van der Waals surface area contributed by atoms with Crippen molar-refractivity contribution in [2.45, 2.75) is 47.1 Å². The Balaban J connectivity index is 3.34. The van der Waals surface area contributed by atoms with Gasteiger partial charge in [-0.1, -0.05) is 41.5 Å². The molecule has 2 amide bonds. The highest BCUT2D eigenvalue weighted by Crippen LogP contribution is 2.47. The van der Waals surface area contributed by atoms with Gasteiger partial charge in [-0.25, -0.2) is 0 Å². The highest BCUT2D eigenvalue weighted by Gasteiger charge is 2.60. The molecule has 0 N–H and O–H groups in total. The summed E-state index contributed by atoms with van der Waals surface area (Å²) in [6.07, 6.45) is 0. The number of carbonyl (C=O) groups is 2. The first-order valence-electron chi connectivity index (χ1n) is 6.80. The number of amides is 2. The molecule has 2 unspecified atom stereocenters. The zero-order chi connectivity index (χ0) is 18.6. The second kappa shape index (κ2) is 5.44. The first-order valence-corrected chi connectivity index (χ1v) is 8.21. The minimum absolute atomic E-state index is 0.255. The summed E-state index contributed by atoms with van der Waals surface area (Å²) >= 11 is 0. The van der Waals surface area contributed by atoms with Crippen LogP contribution in [0.15, 0.2) is 0 Å². The number of hydrogen-bond acceptors (Lipinski definition) is 5. The predicted molar refractivity (Wildman–Crippen MR) is 73.8 cm³/mol. The number of rotatable bonds is 2. The van der Waals surface area contributed by atoms with E-state index in [9.17, 15) is 31.2 Å². The Hall–Kier alpha value is -1.16. The Morgan fingerprint density at radius 1 is 0.870 bits per heavy atom. The van der Waals surface area contributed by atoms with E-state index in [2.05, 4.69) is 4.28 Å². The van der Waals surface area contributed by atoms with Gasteiger partial charge in [0.1, 0.15) is 0 Å². The lowest BCUT2D eigenvalue weighted by molar-refractivity contribution is -0.169. The summed E-state index contributed by atoms with van der Waals surface area (Å²) in [7, 11) is -6.10. The summed E-state index contributed by atoms with van der Waals surface area (Å²) in [6, 6.07) is 0. The molecule has 1 aliphatic rings. The van der Waals surface area contributed by atoms with Crippen molar-refractivity contribution in [2.75, 3.05) is 0 Å². The lowest BCUT2D eigenvalue weighted by Crippen LogP contribution is -2.39. The maximum absolute atomic E-state index is 12.4. The predicted octanol–water partition coefficient (Wildman–Crippen LogP) is 2.46. The molecule has 1 saturated heterocycles. The van der Waals surface area contributed by atoms with Crippen molar-refractivity contribution in [2.24, 2.45) is 22.7 Å². The van der Waals surface area contributed by atoms with Crippen LogP contribution >= 0.6 is 0 Å². The van der Waals surface area contributed by atoms with Gasteiger partial charge in [-0.3, -0.25) is 9.59 Å². The summed E-state index contributed by atoms with van der Waals surface area (Å²) in [5, 5.41) is -0.255. The summed E-state index contributed by atoms with van der Waals surface area (Å²) < 4.78 is 63.4. The number of carbonyl (C=O) groups excluding carboxylic acids is 2. The fourth-order valence-corrected chi connectivity index (χ4v) is 3.03. The van der Waals surface area contributed by atoms with Crippen molar-refractivity contribution in [3.8, 4) is 0 Å². The van der Waals surface area contributed by atoms with Crippen molar-refractivity contribution in [1.82, 2.24) is 5.06 Å². The van der Waals surface area contributed by atoms with Crippen LogP contribution in [0.5, 0.6) is 0 Å². The number of hydroxylamine groups is 2. The van der Waals surface area contributed by atoms with E-state index in [1.807, 2.05) is 0 Å². The minimum atomic E-state index is -6.10. The molecule has 1 rings (SSSR count). The van der Waals surface area contributed by atoms with Gasteiger partial charge in [0.2, 0.25) is 0 Å². The third-order valence-corrected chi connectivity index (χ3v) is 4.50. The zero-order valence-electron chi connectivity index (χ0n) is 13.7. The Bertz CT molecular complexity index is 581. The van der Waals surface area contributed by atoms with E-state index in [0.29, 0.717) is 0 Å². The Labute approximate surface area is 133 Å². The molecule has 0 aromatic rings. The molecule has 134 valence electrons. The molecule has 0 aliphatic carbocycles. The second-order valence-corrected chi connectivity index (χ2v) is 9.15. The van der Waals surface area contributed by atoms with Gasteiger partial charge in [0.25, 0.3) is 11.8 Å². The maximum Gasteiger partial charge on any atom is 0.525 e. The van der Waals surface area contributed by atoms with Crippen LogP contribution in [0.1, 0.15) is 41.5 Å². The molecule has 6 nitrogen and oxygen atoms in total. The minimum Gasteiger partial charge on any atom is -0.272 e. The van der Waals surface area contributed by atoms with Crippen molar-refractivity contribution >= 4 is 21.9 Å². The van der Waals surface area contributed by atoms with E-state index in [1.165, 1.54) is 0 Å². The van der Waals surface area contributed by atoms with Crippen LogP contribution in [-0.2, 0) is 24.0 Å². The van der Waals surface area contributed by atoms with Crippen LogP contribution in [0.25, 0.3) is 0 Å². The Morgan fingerprint density at radius 2 is 1.17 bits per heavy atom. The van der Waals surface area contributed by atoms with Gasteiger partial charge >= 0.3 is 15.6 Å². The Kier molecular flexibility index (Phi) is 4.70. The van der Waals surface area contributed by atoms with E-state index < -0.39 is 50.1 Å². The van der Waals surface area contributed by atoms with E-state index >= 15 is 0 Å². The topological polar surface area (TPSA) is 80.8 Å². The molecule has 1 heterocycles. The van der Waals surface area contributed by atoms with Gasteiger partial charge in [-0.15, -0.1) is 9.35 Å². The quantitative estimate of drug-likeness (QED) is 0.559. The van der Waals surface area contributed by atoms with Crippen LogP contribution in [0.2, 0.25) is 0 Å². The second-order valence-electron chi connectivity index (χ2n) is 7.63. The van der Waals surface area contributed by atoms with Gasteiger partial charge < -0.3 is 0 Å². The van der Waals surface area contributed by atoms with E-state index in [1.54, 1.807) is 41.5 Å². The third-order valence-electron chi connectivity index (χ3n) is 3.59. The lowest BCUT2D eigenvalue weighted by Gasteiger charge is -2.35. The van der Waals surface area contributed by atoms with Crippen molar-refractivity contribution in [3.63, 3.8) is 0 Å². The summed E-state index contributed by atoms with van der Waals surface area (Å²) in [5.74, 6) is -4.18. The first-order chi connectivity index (χ1) is 9.91. The van der Waals surface area contributed by atoms with Crippen LogP contribution < -0.4 is 0 Å². The molecule has 10 heteroatoms. The van der Waals surface area contributed by atoms with Gasteiger partial charge in [0.05, 0.1) is 11.8 Å². The molecule has 23 heavy (non-hydrogen) atoms. The van der Waals surface area contributed by atoms with Gasteiger partial charge in [0, 0.05) is 0 Å².